The van der Waals surface area contributed by atoms with E-state index in [1.807, 2.05) is 13.8 Å². The fraction of sp³-hybridized carbons (Fsp3) is 0.917. The van der Waals surface area contributed by atoms with E-state index in [0.717, 1.165) is 12.8 Å². The summed E-state index contributed by atoms with van der Waals surface area (Å²) in [5.41, 5.74) is 0.276. The minimum Gasteiger partial charge on any atom is -0.299 e. The molecule has 0 aliphatic heterocycles. The molecule has 0 heterocycles. The zero-order valence-electron chi connectivity index (χ0n) is 10.0. The van der Waals surface area contributed by atoms with Crippen LogP contribution >= 0.6 is 0 Å². The summed E-state index contributed by atoms with van der Waals surface area (Å²) >= 11 is 0. The van der Waals surface area contributed by atoms with Crippen molar-refractivity contribution in [2.75, 3.05) is 0 Å². The molecule has 0 saturated carbocycles. The van der Waals surface area contributed by atoms with E-state index in [0.29, 0.717) is 11.2 Å². The number of carbonyl (C=O) groups is 1. The molecule has 0 fully saturated rings. The molecule has 78 valence electrons. The van der Waals surface area contributed by atoms with Crippen molar-refractivity contribution in [1.82, 2.24) is 0 Å². The molecule has 13 heavy (non-hydrogen) atoms. The first-order chi connectivity index (χ1) is 5.65. The third-order valence-electron chi connectivity index (χ3n) is 2.68. The minimum atomic E-state index is -0.120. The molecule has 0 atom stereocenters. The molecule has 0 unspecified atom stereocenters. The van der Waals surface area contributed by atoms with Crippen LogP contribution < -0.4 is 0 Å². The maximum Gasteiger partial charge on any atom is 0.135 e. The van der Waals surface area contributed by atoms with Crippen molar-refractivity contribution in [3.05, 3.63) is 0 Å². The quantitative estimate of drug-likeness (QED) is 0.649. The van der Waals surface area contributed by atoms with E-state index in [-0.39, 0.29) is 5.41 Å². The summed E-state index contributed by atoms with van der Waals surface area (Å²) in [5.74, 6) is 0.307. The number of rotatable bonds is 4. The van der Waals surface area contributed by atoms with Gasteiger partial charge in [-0.25, -0.2) is 0 Å². The molecule has 0 amide bonds. The molecule has 0 aliphatic rings. The molecule has 0 saturated heterocycles. The first kappa shape index (κ1) is 12.7. The van der Waals surface area contributed by atoms with Gasteiger partial charge in [-0.05, 0) is 25.2 Å². The third kappa shape index (κ3) is 5.84. The summed E-state index contributed by atoms with van der Waals surface area (Å²) in [4.78, 5) is 11.2. The van der Waals surface area contributed by atoms with Gasteiger partial charge < -0.3 is 0 Å². The minimum absolute atomic E-state index is 0.120. The van der Waals surface area contributed by atoms with Crippen LogP contribution in [0.1, 0.15) is 60.8 Å². The summed E-state index contributed by atoms with van der Waals surface area (Å²) in [7, 11) is 0. The van der Waals surface area contributed by atoms with Crippen molar-refractivity contribution in [3.63, 3.8) is 0 Å². The van der Waals surface area contributed by atoms with Crippen LogP contribution in [0.4, 0.5) is 0 Å². The standard InChI is InChI=1S/C12H24O/c1-10(13)12(5,6)9-7-8-11(2,3)4/h7-9H2,1-6H3. The first-order valence-electron chi connectivity index (χ1n) is 5.16. The van der Waals surface area contributed by atoms with Crippen LogP contribution in [-0.2, 0) is 4.79 Å². The molecule has 0 aromatic carbocycles. The van der Waals surface area contributed by atoms with Gasteiger partial charge in [-0.1, -0.05) is 41.0 Å². The second-order valence-electron chi connectivity index (χ2n) is 5.85. The van der Waals surface area contributed by atoms with Gasteiger partial charge >= 0.3 is 0 Å². The predicted octanol–water partition coefficient (Wildman–Crippen LogP) is 3.82. The summed E-state index contributed by atoms with van der Waals surface area (Å²) in [6, 6.07) is 0. The van der Waals surface area contributed by atoms with Crippen LogP contribution in [0.2, 0.25) is 0 Å². The topological polar surface area (TPSA) is 17.1 Å². The number of ketones is 1. The molecule has 0 radical (unpaired) electrons. The Bertz CT molecular complexity index is 172. The monoisotopic (exact) mass is 184 g/mol. The highest BCUT2D eigenvalue weighted by Crippen LogP contribution is 2.28. The van der Waals surface area contributed by atoms with Crippen LogP contribution in [0.25, 0.3) is 0 Å². The molecule has 0 aromatic heterocycles. The Morgan fingerprint density at radius 3 is 1.77 bits per heavy atom. The summed E-state index contributed by atoms with van der Waals surface area (Å²) < 4.78 is 0. The zero-order chi connectivity index (χ0) is 10.7. The molecule has 0 rings (SSSR count). The highest BCUT2D eigenvalue weighted by molar-refractivity contribution is 5.81. The van der Waals surface area contributed by atoms with Gasteiger partial charge in [0.05, 0.1) is 0 Å². The Morgan fingerprint density at radius 2 is 1.46 bits per heavy atom. The molecular weight excluding hydrogens is 160 g/mol. The fourth-order valence-corrected chi connectivity index (χ4v) is 1.24. The molecule has 0 aromatic rings. The lowest BCUT2D eigenvalue weighted by Gasteiger charge is -2.24. The Morgan fingerprint density at radius 1 is 1.00 bits per heavy atom. The van der Waals surface area contributed by atoms with Crippen molar-refractivity contribution in [3.8, 4) is 0 Å². The van der Waals surface area contributed by atoms with Gasteiger partial charge in [-0.15, -0.1) is 0 Å². The molecule has 0 aliphatic carbocycles. The van der Waals surface area contributed by atoms with Crippen LogP contribution in [0, 0.1) is 10.8 Å². The maximum atomic E-state index is 11.2. The van der Waals surface area contributed by atoms with Crippen LogP contribution in [0.3, 0.4) is 0 Å². The van der Waals surface area contributed by atoms with Gasteiger partial charge in [0.25, 0.3) is 0 Å². The average molecular weight is 184 g/mol. The van der Waals surface area contributed by atoms with Crippen molar-refractivity contribution in [2.45, 2.75) is 60.8 Å². The Kier molecular flexibility index (Phi) is 4.15. The maximum absolute atomic E-state index is 11.2. The van der Waals surface area contributed by atoms with E-state index in [9.17, 15) is 4.79 Å². The van der Waals surface area contributed by atoms with E-state index in [4.69, 9.17) is 0 Å². The van der Waals surface area contributed by atoms with E-state index < -0.39 is 0 Å². The van der Waals surface area contributed by atoms with E-state index in [1.165, 1.54) is 6.42 Å². The molecule has 0 N–H and O–H groups in total. The fourth-order valence-electron chi connectivity index (χ4n) is 1.24. The highest BCUT2D eigenvalue weighted by atomic mass is 16.1. The molecule has 0 spiro atoms. The second kappa shape index (κ2) is 4.26. The van der Waals surface area contributed by atoms with Gasteiger partial charge in [0.15, 0.2) is 0 Å². The van der Waals surface area contributed by atoms with Crippen LogP contribution in [-0.4, -0.2) is 5.78 Å². The Labute approximate surface area is 82.9 Å². The number of hydrogen-bond donors (Lipinski definition) is 0. The summed E-state index contributed by atoms with van der Waals surface area (Å²) in [5, 5.41) is 0. The van der Waals surface area contributed by atoms with Crippen molar-refractivity contribution >= 4 is 5.78 Å². The SMILES string of the molecule is CC(=O)C(C)(C)CCCC(C)(C)C. The lowest BCUT2D eigenvalue weighted by Crippen LogP contribution is -2.21. The first-order valence-corrected chi connectivity index (χ1v) is 5.16. The molecule has 1 nitrogen and oxygen atoms in total. The summed E-state index contributed by atoms with van der Waals surface area (Å²) in [6.07, 6.45) is 3.36. The van der Waals surface area contributed by atoms with Crippen molar-refractivity contribution < 1.29 is 4.79 Å². The second-order valence-corrected chi connectivity index (χ2v) is 5.85. The predicted molar refractivity (Wildman–Crippen MR) is 57.8 cm³/mol. The molecule has 1 heteroatoms. The highest BCUT2D eigenvalue weighted by Gasteiger charge is 2.23. The third-order valence-corrected chi connectivity index (χ3v) is 2.68. The number of hydrogen-bond acceptors (Lipinski definition) is 1. The Hall–Kier alpha value is -0.330. The van der Waals surface area contributed by atoms with E-state index in [2.05, 4.69) is 20.8 Å². The lowest BCUT2D eigenvalue weighted by atomic mass is 9.80. The van der Waals surface area contributed by atoms with Crippen LogP contribution in [0.15, 0.2) is 0 Å². The Balaban J connectivity index is 3.84. The number of carbonyl (C=O) groups excluding carboxylic acids is 1. The van der Waals surface area contributed by atoms with Gasteiger partial charge in [0.2, 0.25) is 0 Å². The zero-order valence-corrected chi connectivity index (χ0v) is 10.0. The smallest absolute Gasteiger partial charge is 0.135 e. The van der Waals surface area contributed by atoms with Crippen LogP contribution in [0.5, 0.6) is 0 Å². The van der Waals surface area contributed by atoms with Gasteiger partial charge in [-0.3, -0.25) is 4.79 Å². The molecule has 0 bridgehead atoms. The lowest BCUT2D eigenvalue weighted by molar-refractivity contribution is -0.125. The van der Waals surface area contributed by atoms with Crippen molar-refractivity contribution in [1.29, 1.82) is 0 Å². The average Bonchev–Trinajstić information content (AvgIpc) is 1.82. The van der Waals surface area contributed by atoms with Gasteiger partial charge in [0, 0.05) is 5.41 Å². The van der Waals surface area contributed by atoms with Gasteiger partial charge in [-0.2, -0.15) is 0 Å². The number of Topliss-reactive ketones (excluding diaryl/α,β-unsaturated/α-hetero) is 1. The van der Waals surface area contributed by atoms with E-state index in [1.54, 1.807) is 6.92 Å². The summed E-state index contributed by atoms with van der Waals surface area (Å²) in [6.45, 7) is 12.5. The molecular formula is C12H24O. The largest absolute Gasteiger partial charge is 0.299 e. The van der Waals surface area contributed by atoms with E-state index >= 15 is 0 Å². The van der Waals surface area contributed by atoms with Gasteiger partial charge in [0.1, 0.15) is 5.78 Å². The normalized spacial score (nSPS) is 13.1. The van der Waals surface area contributed by atoms with Crippen molar-refractivity contribution in [2.24, 2.45) is 10.8 Å².